The Balaban J connectivity index is 3.20. The molecule has 210 valence electrons. The summed E-state index contributed by atoms with van der Waals surface area (Å²) in [5.41, 5.74) is 1.12. The molecule has 0 spiro atoms. The van der Waals surface area contributed by atoms with Crippen molar-refractivity contribution in [3.8, 4) is 0 Å². The molecule has 0 radical (unpaired) electrons. The average Bonchev–Trinajstić information content (AvgIpc) is 2.81. The number of hydrogen-bond donors (Lipinski definition) is 2. The summed E-state index contributed by atoms with van der Waals surface area (Å²) in [6.07, 6.45) is 8.75. The molecule has 7 heteroatoms. The minimum Gasteiger partial charge on any atom is -0.444 e. The van der Waals surface area contributed by atoms with E-state index in [0.29, 0.717) is 13.1 Å². The molecule has 0 aliphatic carbocycles. The maximum atomic E-state index is 13.8. The molecule has 3 amide bonds. The van der Waals surface area contributed by atoms with Gasteiger partial charge in [-0.2, -0.15) is 0 Å². The molecule has 0 saturated carbocycles. The first-order valence-corrected chi connectivity index (χ1v) is 14.1. The molecule has 0 bridgehead atoms. The van der Waals surface area contributed by atoms with Crippen LogP contribution in [0.5, 0.6) is 0 Å². The molecular weight excluding hydrogens is 466 g/mol. The standard InChI is InChI=1S/C30H51N3O4/c1-8-10-12-13-14-16-21-33(28(35)24(4)32-29(36)37-30(5,6)7)26(25-19-17-18-23(3)22-25)27(34)31-20-15-11-9-2/h17-19,22,24,26H,8-16,20-21H2,1-7H3,(H,31,34)(H,32,36). The number of nitrogens with one attached hydrogen (secondary N) is 2. The second kappa shape index (κ2) is 17.0. The van der Waals surface area contributed by atoms with Crippen LogP contribution in [0.2, 0.25) is 0 Å². The maximum Gasteiger partial charge on any atom is 0.408 e. The minimum absolute atomic E-state index is 0.189. The molecule has 2 unspecified atom stereocenters. The Hall–Kier alpha value is -2.57. The van der Waals surface area contributed by atoms with E-state index in [1.807, 2.05) is 31.2 Å². The number of carbonyl (C=O) groups excluding carboxylic acids is 3. The fourth-order valence-corrected chi connectivity index (χ4v) is 4.22. The first kappa shape index (κ1) is 32.5. The Bertz CT molecular complexity index is 834. The van der Waals surface area contributed by atoms with Crippen molar-refractivity contribution in [1.82, 2.24) is 15.5 Å². The SMILES string of the molecule is CCCCCCCCN(C(=O)C(C)NC(=O)OC(C)(C)C)C(C(=O)NCCCCC)c1cccc(C)c1. The average molecular weight is 518 g/mol. The topological polar surface area (TPSA) is 87.7 Å². The van der Waals surface area contributed by atoms with Crippen molar-refractivity contribution in [2.75, 3.05) is 13.1 Å². The Kier molecular flexibility index (Phi) is 14.9. The van der Waals surface area contributed by atoms with Crippen LogP contribution in [0.15, 0.2) is 24.3 Å². The molecule has 7 nitrogen and oxygen atoms in total. The third-order valence-electron chi connectivity index (χ3n) is 6.14. The van der Waals surface area contributed by atoms with Gasteiger partial charge in [-0.1, -0.05) is 88.6 Å². The molecule has 0 aliphatic heterocycles. The van der Waals surface area contributed by atoms with E-state index in [1.165, 1.54) is 19.3 Å². The molecule has 0 heterocycles. The second-order valence-corrected chi connectivity index (χ2v) is 11.0. The first-order chi connectivity index (χ1) is 17.5. The molecule has 0 aromatic heterocycles. The third kappa shape index (κ3) is 13.0. The molecule has 37 heavy (non-hydrogen) atoms. The van der Waals surface area contributed by atoms with Gasteiger partial charge in [-0.3, -0.25) is 9.59 Å². The molecule has 2 N–H and O–H groups in total. The van der Waals surface area contributed by atoms with Crippen molar-refractivity contribution >= 4 is 17.9 Å². The van der Waals surface area contributed by atoms with Crippen molar-refractivity contribution in [3.63, 3.8) is 0 Å². The van der Waals surface area contributed by atoms with Gasteiger partial charge in [0.25, 0.3) is 0 Å². The lowest BCUT2D eigenvalue weighted by Crippen LogP contribution is -2.52. The maximum absolute atomic E-state index is 13.8. The highest BCUT2D eigenvalue weighted by atomic mass is 16.6. The van der Waals surface area contributed by atoms with E-state index < -0.39 is 23.8 Å². The van der Waals surface area contributed by atoms with Gasteiger partial charge in [0.2, 0.25) is 11.8 Å². The van der Waals surface area contributed by atoms with E-state index in [-0.39, 0.29) is 11.8 Å². The number of ether oxygens (including phenoxy) is 1. The van der Waals surface area contributed by atoms with Crippen LogP contribution < -0.4 is 10.6 Å². The van der Waals surface area contributed by atoms with Gasteiger partial charge in [0.15, 0.2) is 0 Å². The number of unbranched alkanes of at least 4 members (excludes halogenated alkanes) is 7. The normalized spacial score (nSPS) is 12.9. The summed E-state index contributed by atoms with van der Waals surface area (Å²) in [6.45, 7) is 14.3. The van der Waals surface area contributed by atoms with Crippen molar-refractivity contribution in [2.45, 2.75) is 124 Å². The highest BCUT2D eigenvalue weighted by molar-refractivity contribution is 5.92. The van der Waals surface area contributed by atoms with Crippen LogP contribution in [-0.2, 0) is 14.3 Å². The smallest absolute Gasteiger partial charge is 0.408 e. The van der Waals surface area contributed by atoms with Crippen LogP contribution >= 0.6 is 0 Å². The largest absolute Gasteiger partial charge is 0.444 e. The highest BCUT2D eigenvalue weighted by Gasteiger charge is 2.34. The highest BCUT2D eigenvalue weighted by Crippen LogP contribution is 2.24. The Morgan fingerprint density at radius 2 is 1.57 bits per heavy atom. The zero-order valence-electron chi connectivity index (χ0n) is 24.3. The summed E-state index contributed by atoms with van der Waals surface area (Å²) < 4.78 is 5.36. The van der Waals surface area contributed by atoms with Gasteiger partial charge in [-0.05, 0) is 53.0 Å². The Labute approximate surface area is 225 Å². The zero-order chi connectivity index (χ0) is 27.8. The molecule has 2 atom stereocenters. The lowest BCUT2D eigenvalue weighted by molar-refractivity contribution is -0.142. The van der Waals surface area contributed by atoms with Gasteiger partial charge in [-0.25, -0.2) is 4.79 Å². The number of benzene rings is 1. The van der Waals surface area contributed by atoms with E-state index >= 15 is 0 Å². The molecule has 0 saturated heterocycles. The summed E-state index contributed by atoms with van der Waals surface area (Å²) in [6, 6.07) is 6.15. The van der Waals surface area contributed by atoms with Crippen molar-refractivity contribution in [2.24, 2.45) is 0 Å². The molecule has 1 aromatic carbocycles. The molecule has 0 aliphatic rings. The first-order valence-electron chi connectivity index (χ1n) is 14.1. The van der Waals surface area contributed by atoms with Crippen LogP contribution in [0.4, 0.5) is 4.79 Å². The summed E-state index contributed by atoms with van der Waals surface area (Å²) in [5, 5.41) is 5.72. The molecule has 1 aromatic rings. The summed E-state index contributed by atoms with van der Waals surface area (Å²) in [5.74, 6) is -0.486. The zero-order valence-corrected chi connectivity index (χ0v) is 24.3. The van der Waals surface area contributed by atoms with Gasteiger partial charge in [-0.15, -0.1) is 0 Å². The van der Waals surface area contributed by atoms with Crippen LogP contribution in [-0.4, -0.2) is 47.5 Å². The monoisotopic (exact) mass is 517 g/mol. The lowest BCUT2D eigenvalue weighted by atomic mass is 10.00. The van der Waals surface area contributed by atoms with Crippen molar-refractivity contribution in [3.05, 3.63) is 35.4 Å². The van der Waals surface area contributed by atoms with Crippen LogP contribution in [0.1, 0.15) is 116 Å². The number of nitrogens with zero attached hydrogens (tertiary/aromatic N) is 1. The van der Waals surface area contributed by atoms with Gasteiger partial charge in [0, 0.05) is 13.1 Å². The third-order valence-corrected chi connectivity index (χ3v) is 6.14. The van der Waals surface area contributed by atoms with Crippen LogP contribution in [0.3, 0.4) is 0 Å². The predicted octanol–water partition coefficient (Wildman–Crippen LogP) is 6.44. The number of hydrogen-bond acceptors (Lipinski definition) is 4. The second-order valence-electron chi connectivity index (χ2n) is 11.0. The van der Waals surface area contributed by atoms with Gasteiger partial charge in [0.05, 0.1) is 0 Å². The fraction of sp³-hybridized carbons (Fsp3) is 0.700. The molecule has 0 fully saturated rings. The van der Waals surface area contributed by atoms with E-state index in [0.717, 1.165) is 49.7 Å². The van der Waals surface area contributed by atoms with Gasteiger partial charge in [0.1, 0.15) is 17.7 Å². The minimum atomic E-state index is -0.838. The lowest BCUT2D eigenvalue weighted by Gasteiger charge is -2.34. The van der Waals surface area contributed by atoms with E-state index in [1.54, 1.807) is 32.6 Å². The fourth-order valence-electron chi connectivity index (χ4n) is 4.22. The van der Waals surface area contributed by atoms with Crippen molar-refractivity contribution in [1.29, 1.82) is 0 Å². The Morgan fingerprint density at radius 3 is 2.19 bits per heavy atom. The quantitative estimate of drug-likeness (QED) is 0.247. The predicted molar refractivity (Wildman–Crippen MR) is 150 cm³/mol. The number of aryl methyl sites for hydroxylation is 1. The number of carbonyl (C=O) groups is 3. The van der Waals surface area contributed by atoms with Crippen molar-refractivity contribution < 1.29 is 19.1 Å². The summed E-state index contributed by atoms with van der Waals surface area (Å²) >= 11 is 0. The van der Waals surface area contributed by atoms with Crippen LogP contribution in [0, 0.1) is 6.92 Å². The Morgan fingerprint density at radius 1 is 0.946 bits per heavy atom. The van der Waals surface area contributed by atoms with Gasteiger partial charge < -0.3 is 20.3 Å². The molecule has 1 rings (SSSR count). The van der Waals surface area contributed by atoms with E-state index in [4.69, 9.17) is 4.74 Å². The van der Waals surface area contributed by atoms with E-state index in [2.05, 4.69) is 24.5 Å². The molecular formula is C30H51N3O4. The summed E-state index contributed by atoms with van der Waals surface area (Å²) in [7, 11) is 0. The summed E-state index contributed by atoms with van der Waals surface area (Å²) in [4.78, 5) is 41.4. The van der Waals surface area contributed by atoms with Crippen LogP contribution in [0.25, 0.3) is 0 Å². The number of alkyl carbamates (subject to hydrolysis) is 1. The van der Waals surface area contributed by atoms with E-state index in [9.17, 15) is 14.4 Å². The number of amides is 3. The van der Waals surface area contributed by atoms with Gasteiger partial charge >= 0.3 is 6.09 Å². The number of rotatable bonds is 16.